The predicted molar refractivity (Wildman–Crippen MR) is 102 cm³/mol. The monoisotopic (exact) mass is 396 g/mol. The lowest BCUT2D eigenvalue weighted by atomic mass is 10.1. The summed E-state index contributed by atoms with van der Waals surface area (Å²) in [5.74, 6) is 1.41. The number of nitrogens with zero attached hydrogens (tertiary/aromatic N) is 4. The number of nitrogens with one attached hydrogen (secondary N) is 2. The van der Waals surface area contributed by atoms with Gasteiger partial charge in [-0.1, -0.05) is 11.6 Å². The second-order valence-electron chi connectivity index (χ2n) is 6.37. The van der Waals surface area contributed by atoms with E-state index in [1.807, 2.05) is 6.07 Å². The number of rotatable bonds is 4. The summed E-state index contributed by atoms with van der Waals surface area (Å²) in [6.45, 7) is 4.63. The molecule has 10 heteroatoms. The van der Waals surface area contributed by atoms with Crippen LogP contribution in [0.2, 0.25) is 5.02 Å². The van der Waals surface area contributed by atoms with Gasteiger partial charge in [0.05, 0.1) is 23.8 Å². The number of pyridine rings is 1. The van der Waals surface area contributed by atoms with E-state index >= 15 is 0 Å². The Bertz CT molecular complexity index is 754. The summed E-state index contributed by atoms with van der Waals surface area (Å²) in [5.41, 5.74) is 0.796. The number of piperazine rings is 1. The van der Waals surface area contributed by atoms with E-state index in [-0.39, 0.29) is 6.04 Å². The van der Waals surface area contributed by atoms with Crippen LogP contribution in [0, 0.1) is 0 Å². The number of halogens is 1. The van der Waals surface area contributed by atoms with E-state index in [1.165, 1.54) is 11.5 Å². The number of hydrogen-bond acceptors (Lipinski definition) is 9. The first kappa shape index (κ1) is 17.9. The fourth-order valence-electron chi connectivity index (χ4n) is 3.08. The van der Waals surface area contributed by atoms with Crippen molar-refractivity contribution in [2.24, 2.45) is 0 Å². The minimum atomic E-state index is -0.550. The van der Waals surface area contributed by atoms with Crippen molar-refractivity contribution in [3.8, 4) is 10.6 Å². The van der Waals surface area contributed by atoms with Crippen LogP contribution in [0.1, 0.15) is 6.42 Å². The highest BCUT2D eigenvalue weighted by Crippen LogP contribution is 2.32. The highest BCUT2D eigenvalue weighted by atomic mass is 35.5. The van der Waals surface area contributed by atoms with Gasteiger partial charge >= 0.3 is 0 Å². The Kier molecular flexibility index (Phi) is 5.51. The summed E-state index contributed by atoms with van der Waals surface area (Å²) in [7, 11) is 0. The molecular weight excluding hydrogens is 376 g/mol. The molecule has 0 aliphatic carbocycles. The first-order valence-electron chi connectivity index (χ1n) is 8.68. The van der Waals surface area contributed by atoms with E-state index in [0.29, 0.717) is 24.1 Å². The zero-order valence-corrected chi connectivity index (χ0v) is 15.8. The minimum absolute atomic E-state index is 0.0869. The average Bonchev–Trinajstić information content (AvgIpc) is 3.16. The molecule has 0 unspecified atom stereocenters. The van der Waals surface area contributed by atoms with Gasteiger partial charge in [0.25, 0.3) is 0 Å². The van der Waals surface area contributed by atoms with Gasteiger partial charge in [0.2, 0.25) is 5.95 Å². The molecule has 4 heterocycles. The fraction of sp³-hybridized carbons (Fsp3) is 0.562. The van der Waals surface area contributed by atoms with E-state index in [2.05, 4.69) is 29.9 Å². The maximum absolute atomic E-state index is 10.0. The molecule has 140 valence electrons. The van der Waals surface area contributed by atoms with E-state index in [9.17, 15) is 5.11 Å². The van der Waals surface area contributed by atoms with Crippen molar-refractivity contribution < 1.29 is 9.84 Å². The number of aliphatic hydroxyl groups is 1. The largest absolute Gasteiger partial charge is 0.389 e. The van der Waals surface area contributed by atoms with Gasteiger partial charge in [0.1, 0.15) is 10.8 Å². The van der Waals surface area contributed by atoms with Gasteiger partial charge in [-0.2, -0.15) is 9.36 Å². The summed E-state index contributed by atoms with van der Waals surface area (Å²) in [5, 5.41) is 17.9. The van der Waals surface area contributed by atoms with Crippen molar-refractivity contribution in [3.63, 3.8) is 0 Å². The van der Waals surface area contributed by atoms with E-state index in [4.69, 9.17) is 16.3 Å². The zero-order chi connectivity index (χ0) is 17.9. The van der Waals surface area contributed by atoms with Crippen LogP contribution in [0.4, 0.5) is 11.8 Å². The summed E-state index contributed by atoms with van der Waals surface area (Å²) < 4.78 is 9.75. The van der Waals surface area contributed by atoms with E-state index in [0.717, 1.165) is 49.1 Å². The Morgan fingerprint density at radius 1 is 1.38 bits per heavy atom. The van der Waals surface area contributed by atoms with Crippen LogP contribution in [0.5, 0.6) is 0 Å². The van der Waals surface area contributed by atoms with Gasteiger partial charge < -0.3 is 25.4 Å². The average molecular weight is 397 g/mol. The highest BCUT2D eigenvalue weighted by molar-refractivity contribution is 7.09. The topological polar surface area (TPSA) is 95.4 Å². The number of ether oxygens (including phenoxy) is 1. The normalized spacial score (nSPS) is 23.8. The molecule has 0 radical (unpaired) electrons. The lowest BCUT2D eigenvalue weighted by Crippen LogP contribution is -2.44. The number of hydrogen-bond donors (Lipinski definition) is 3. The Morgan fingerprint density at radius 2 is 2.23 bits per heavy atom. The third-order valence-electron chi connectivity index (χ3n) is 4.56. The molecule has 2 aliphatic heterocycles. The summed E-state index contributed by atoms with van der Waals surface area (Å²) >= 11 is 7.69. The van der Waals surface area contributed by atoms with Crippen LogP contribution in [-0.4, -0.2) is 71.0 Å². The van der Waals surface area contributed by atoms with Crippen molar-refractivity contribution in [2.75, 3.05) is 49.6 Å². The van der Waals surface area contributed by atoms with Crippen molar-refractivity contribution in [3.05, 3.63) is 17.3 Å². The van der Waals surface area contributed by atoms with Crippen molar-refractivity contribution in [2.45, 2.75) is 18.6 Å². The molecule has 26 heavy (non-hydrogen) atoms. The standard InChI is InChI=1S/C16H21ClN6O2S/c17-11-8-19-14(20-12-1-6-25-9-13(12)24)7-10(11)15-21-16(22-26-15)23-4-2-18-3-5-23/h7-8,12-13,18,24H,1-6,9H2,(H,19,20)/t12-,13-/m1/s1. The molecule has 8 nitrogen and oxygen atoms in total. The minimum Gasteiger partial charge on any atom is -0.389 e. The molecule has 2 aliphatic rings. The molecule has 2 fully saturated rings. The van der Waals surface area contributed by atoms with Crippen LogP contribution >= 0.6 is 23.1 Å². The van der Waals surface area contributed by atoms with Gasteiger partial charge in [-0.25, -0.2) is 4.98 Å². The summed E-state index contributed by atoms with van der Waals surface area (Å²) in [4.78, 5) is 11.2. The zero-order valence-electron chi connectivity index (χ0n) is 14.2. The van der Waals surface area contributed by atoms with Gasteiger partial charge in [-0.15, -0.1) is 0 Å². The molecule has 2 atom stereocenters. The van der Waals surface area contributed by atoms with Gasteiger partial charge in [0, 0.05) is 44.5 Å². The molecule has 0 aromatic carbocycles. The lowest BCUT2D eigenvalue weighted by molar-refractivity contribution is -0.0135. The third kappa shape index (κ3) is 3.91. The summed E-state index contributed by atoms with van der Waals surface area (Å²) in [6.07, 6.45) is 1.79. The molecule has 2 aromatic heterocycles. The SMILES string of the molecule is O[C@@H]1COCC[C@H]1Nc1cc(-c2nc(N3CCNCC3)ns2)c(Cl)cn1. The quantitative estimate of drug-likeness (QED) is 0.710. The third-order valence-corrected chi connectivity index (χ3v) is 5.60. The smallest absolute Gasteiger partial charge is 0.237 e. The second kappa shape index (κ2) is 8.01. The molecular formula is C16H21ClN6O2S. The van der Waals surface area contributed by atoms with Crippen molar-refractivity contribution in [1.29, 1.82) is 0 Å². The van der Waals surface area contributed by atoms with Gasteiger partial charge in [-0.3, -0.25) is 0 Å². The van der Waals surface area contributed by atoms with Crippen LogP contribution in [0.25, 0.3) is 10.6 Å². The van der Waals surface area contributed by atoms with E-state index < -0.39 is 6.10 Å². The number of aliphatic hydroxyl groups excluding tert-OH is 1. The molecule has 2 saturated heterocycles. The molecule has 3 N–H and O–H groups in total. The van der Waals surface area contributed by atoms with Crippen molar-refractivity contribution in [1.82, 2.24) is 19.7 Å². The van der Waals surface area contributed by atoms with Crippen LogP contribution < -0.4 is 15.5 Å². The Morgan fingerprint density at radius 3 is 3.04 bits per heavy atom. The molecule has 0 spiro atoms. The fourth-order valence-corrected chi connectivity index (χ4v) is 4.04. The Balaban J connectivity index is 1.53. The molecule has 0 bridgehead atoms. The maximum atomic E-state index is 10.0. The predicted octanol–water partition coefficient (Wildman–Crippen LogP) is 1.22. The molecule has 4 rings (SSSR count). The Labute approximate surface area is 160 Å². The van der Waals surface area contributed by atoms with E-state index in [1.54, 1.807) is 6.20 Å². The van der Waals surface area contributed by atoms with Crippen LogP contribution in [0.3, 0.4) is 0 Å². The first-order chi connectivity index (χ1) is 12.7. The van der Waals surface area contributed by atoms with Gasteiger partial charge in [-0.05, 0) is 24.0 Å². The molecule has 2 aromatic rings. The molecule has 0 amide bonds. The summed E-state index contributed by atoms with van der Waals surface area (Å²) in [6, 6.07) is 1.78. The number of anilines is 2. The molecule has 0 saturated carbocycles. The van der Waals surface area contributed by atoms with Crippen LogP contribution in [-0.2, 0) is 4.74 Å². The maximum Gasteiger partial charge on any atom is 0.237 e. The van der Waals surface area contributed by atoms with Crippen molar-refractivity contribution >= 4 is 34.9 Å². The lowest BCUT2D eigenvalue weighted by Gasteiger charge is -2.28. The highest BCUT2D eigenvalue weighted by Gasteiger charge is 2.24. The number of aromatic nitrogens is 3. The van der Waals surface area contributed by atoms with Gasteiger partial charge in [0.15, 0.2) is 0 Å². The first-order valence-corrected chi connectivity index (χ1v) is 9.83. The second-order valence-corrected chi connectivity index (χ2v) is 7.53. The van der Waals surface area contributed by atoms with Crippen LogP contribution in [0.15, 0.2) is 12.3 Å². The Hall–Kier alpha value is -1.52.